The van der Waals surface area contributed by atoms with Crippen molar-refractivity contribution in [2.24, 2.45) is 45.3 Å². The van der Waals surface area contributed by atoms with E-state index in [1.807, 2.05) is 13.8 Å². The molecule has 37 heavy (non-hydrogen) atoms. The van der Waals surface area contributed by atoms with E-state index in [0.29, 0.717) is 17.8 Å². The van der Waals surface area contributed by atoms with Crippen LogP contribution in [0.4, 0.5) is 0 Å². The molecule has 0 bridgehead atoms. The molecule has 0 aromatic carbocycles. The molecule has 0 saturated heterocycles. The maximum Gasteiger partial charge on any atom is 0.335 e. The van der Waals surface area contributed by atoms with Gasteiger partial charge in [0.2, 0.25) is 0 Å². The van der Waals surface area contributed by atoms with Crippen molar-refractivity contribution in [3.63, 3.8) is 0 Å². The molecule has 1 unspecified atom stereocenters. The maximum absolute atomic E-state index is 13.4. The summed E-state index contributed by atoms with van der Waals surface area (Å²) < 4.78 is 12.2. The third kappa shape index (κ3) is 3.37. The van der Waals surface area contributed by atoms with Gasteiger partial charge in [-0.2, -0.15) is 0 Å². The number of rotatable bonds is 4. The van der Waals surface area contributed by atoms with E-state index in [-0.39, 0.29) is 47.3 Å². The topological polar surface area (TPSA) is 72.8 Å². The fourth-order valence-electron chi connectivity index (χ4n) is 11.4. The summed E-state index contributed by atoms with van der Waals surface area (Å²) in [6.07, 6.45) is 9.87. The van der Waals surface area contributed by atoms with Crippen LogP contribution in [-0.4, -0.2) is 35.4 Å². The molecule has 11 atom stereocenters. The summed E-state index contributed by atoms with van der Waals surface area (Å²) in [6.45, 7) is 13.6. The van der Waals surface area contributed by atoms with Gasteiger partial charge in [0.05, 0.1) is 12.5 Å². The zero-order valence-electron chi connectivity index (χ0n) is 23.9. The van der Waals surface area contributed by atoms with E-state index >= 15 is 0 Å². The molecule has 5 heteroatoms. The molecule has 0 amide bonds. The molecule has 1 spiro atoms. The van der Waals surface area contributed by atoms with Crippen LogP contribution >= 0.6 is 0 Å². The Morgan fingerprint density at radius 2 is 1.78 bits per heavy atom. The number of hydrogen-bond acceptors (Lipinski definition) is 5. The molecule has 4 fully saturated rings. The first-order chi connectivity index (χ1) is 17.4. The Bertz CT molecular complexity index is 1030. The van der Waals surface area contributed by atoms with Crippen LogP contribution < -0.4 is 0 Å². The first-order valence-electron chi connectivity index (χ1n) is 15.2. The summed E-state index contributed by atoms with van der Waals surface area (Å²) in [6, 6.07) is 0. The smallest absolute Gasteiger partial charge is 0.335 e. The lowest BCUT2D eigenvalue weighted by atomic mass is 9.35. The van der Waals surface area contributed by atoms with Gasteiger partial charge in [0.15, 0.2) is 0 Å². The van der Waals surface area contributed by atoms with Gasteiger partial charge in [0.1, 0.15) is 12.2 Å². The van der Waals surface area contributed by atoms with Crippen LogP contribution in [0.25, 0.3) is 0 Å². The molecule has 6 rings (SSSR count). The van der Waals surface area contributed by atoms with Gasteiger partial charge in [-0.1, -0.05) is 41.0 Å². The Labute approximate surface area is 223 Å². The third-order valence-corrected chi connectivity index (χ3v) is 13.2. The van der Waals surface area contributed by atoms with Gasteiger partial charge in [-0.25, -0.2) is 4.79 Å². The Morgan fingerprint density at radius 3 is 2.46 bits per heavy atom. The lowest BCUT2D eigenvalue weighted by Crippen LogP contribution is -2.65. The van der Waals surface area contributed by atoms with Gasteiger partial charge in [-0.05, 0) is 110 Å². The summed E-state index contributed by atoms with van der Waals surface area (Å²) in [7, 11) is 0. The number of aliphatic hydroxyl groups is 1. The van der Waals surface area contributed by atoms with Gasteiger partial charge in [0, 0.05) is 11.0 Å². The summed E-state index contributed by atoms with van der Waals surface area (Å²) >= 11 is 0. The van der Waals surface area contributed by atoms with Crippen molar-refractivity contribution in [2.45, 2.75) is 130 Å². The highest BCUT2D eigenvalue weighted by Crippen LogP contribution is 2.78. The number of cyclic esters (lactones) is 1. The van der Waals surface area contributed by atoms with E-state index in [1.165, 1.54) is 38.5 Å². The Morgan fingerprint density at radius 1 is 1.08 bits per heavy atom. The van der Waals surface area contributed by atoms with E-state index in [4.69, 9.17) is 9.47 Å². The third-order valence-electron chi connectivity index (χ3n) is 13.2. The number of esters is 2. The summed E-state index contributed by atoms with van der Waals surface area (Å²) in [5, 5.41) is 10.2. The SMILES string of the molecule is CCC(O)CC(=O)O[C@H]1C[C@@H]2[C@@]3(C)CCC[C@@]4(C[C@@H]4C)[C@@H]3CC[C@@]2(C)[C@@H]2CCC3=C(C(=O)O[C@H]3C)[C@@]12C. The van der Waals surface area contributed by atoms with Crippen molar-refractivity contribution in [1.29, 1.82) is 0 Å². The molecule has 0 radical (unpaired) electrons. The quantitative estimate of drug-likeness (QED) is 0.443. The molecular formula is C32H48O5. The second-order valence-corrected chi connectivity index (χ2v) is 14.6. The fraction of sp³-hybridized carbons (Fsp3) is 0.875. The molecule has 1 heterocycles. The minimum Gasteiger partial charge on any atom is -0.461 e. The van der Waals surface area contributed by atoms with E-state index in [0.717, 1.165) is 42.2 Å². The second kappa shape index (κ2) is 8.32. The Kier molecular flexibility index (Phi) is 5.82. The normalized spacial score (nSPS) is 50.9. The van der Waals surface area contributed by atoms with Crippen LogP contribution in [0, 0.1) is 45.3 Å². The number of ether oxygens (including phenoxy) is 2. The minimum atomic E-state index is -0.686. The van der Waals surface area contributed by atoms with Crippen LogP contribution in [0.1, 0.15) is 112 Å². The molecule has 4 saturated carbocycles. The number of carbonyl (C=O) groups excluding carboxylic acids is 2. The van der Waals surface area contributed by atoms with Gasteiger partial charge in [0.25, 0.3) is 0 Å². The van der Waals surface area contributed by atoms with Crippen molar-refractivity contribution < 1.29 is 24.2 Å². The van der Waals surface area contributed by atoms with Crippen molar-refractivity contribution >= 4 is 11.9 Å². The molecule has 5 aliphatic carbocycles. The highest BCUT2D eigenvalue weighted by Gasteiger charge is 2.72. The minimum absolute atomic E-state index is 0.0168. The number of fused-ring (bicyclic) bond motifs is 7. The van der Waals surface area contributed by atoms with Crippen molar-refractivity contribution in [3.8, 4) is 0 Å². The van der Waals surface area contributed by atoms with Crippen molar-refractivity contribution in [2.75, 3.05) is 0 Å². The predicted molar refractivity (Wildman–Crippen MR) is 141 cm³/mol. The zero-order chi connectivity index (χ0) is 26.5. The molecule has 0 aromatic rings. The second-order valence-electron chi connectivity index (χ2n) is 14.6. The number of carbonyl (C=O) groups is 2. The zero-order valence-corrected chi connectivity index (χ0v) is 23.9. The van der Waals surface area contributed by atoms with E-state index < -0.39 is 11.5 Å². The van der Waals surface area contributed by atoms with Crippen LogP contribution in [0.15, 0.2) is 11.1 Å². The van der Waals surface area contributed by atoms with E-state index in [9.17, 15) is 14.7 Å². The van der Waals surface area contributed by atoms with Crippen LogP contribution in [0.5, 0.6) is 0 Å². The predicted octanol–water partition coefficient (Wildman–Crippen LogP) is 6.37. The molecular weight excluding hydrogens is 464 g/mol. The van der Waals surface area contributed by atoms with E-state index in [1.54, 1.807) is 0 Å². The van der Waals surface area contributed by atoms with Gasteiger partial charge < -0.3 is 14.6 Å². The first kappa shape index (κ1) is 25.9. The van der Waals surface area contributed by atoms with Crippen molar-refractivity contribution in [1.82, 2.24) is 0 Å². The number of hydrogen-bond donors (Lipinski definition) is 1. The largest absolute Gasteiger partial charge is 0.461 e. The van der Waals surface area contributed by atoms with Gasteiger partial charge in [-0.15, -0.1) is 0 Å². The molecule has 1 N–H and O–H groups in total. The Hall–Kier alpha value is -1.36. The standard InChI is InChI=1S/C32H48O5/c1-7-20(33)15-26(34)37-25-16-24-29(4)12-8-13-32(17-18(32)2)23(29)11-14-30(24,5)22-10-9-21-19(3)36-28(35)27(21)31(22,25)6/h18-20,22-25,33H,7-17H2,1-6H3/t18-,19-,20?,22-,23+,24+,25-,29-,30-,31+,32-/m0/s1. The van der Waals surface area contributed by atoms with Crippen molar-refractivity contribution in [3.05, 3.63) is 11.1 Å². The molecule has 6 aliphatic rings. The molecule has 1 aliphatic heterocycles. The highest BCUT2D eigenvalue weighted by molar-refractivity contribution is 5.94. The average molecular weight is 513 g/mol. The average Bonchev–Trinajstić information content (AvgIpc) is 3.35. The summed E-state index contributed by atoms with van der Waals surface area (Å²) in [5.41, 5.74) is 2.27. The first-order valence-corrected chi connectivity index (χ1v) is 15.2. The van der Waals surface area contributed by atoms with Gasteiger partial charge >= 0.3 is 11.9 Å². The van der Waals surface area contributed by atoms with Crippen LogP contribution in [-0.2, 0) is 19.1 Å². The summed E-state index contributed by atoms with van der Waals surface area (Å²) in [5.74, 6) is 1.79. The molecule has 0 aromatic heterocycles. The number of aliphatic hydroxyl groups excluding tert-OH is 1. The molecule has 5 nitrogen and oxygen atoms in total. The highest BCUT2D eigenvalue weighted by atomic mass is 16.6. The lowest BCUT2D eigenvalue weighted by molar-refractivity contribution is -0.223. The Balaban J connectivity index is 1.43. The maximum atomic E-state index is 13.4. The van der Waals surface area contributed by atoms with Crippen LogP contribution in [0.2, 0.25) is 0 Å². The monoisotopic (exact) mass is 512 g/mol. The summed E-state index contributed by atoms with van der Waals surface area (Å²) in [4.78, 5) is 26.5. The van der Waals surface area contributed by atoms with E-state index in [2.05, 4.69) is 27.7 Å². The van der Waals surface area contributed by atoms with Crippen LogP contribution in [0.3, 0.4) is 0 Å². The molecule has 206 valence electrons. The fourth-order valence-corrected chi connectivity index (χ4v) is 11.4. The van der Waals surface area contributed by atoms with Gasteiger partial charge in [-0.3, -0.25) is 4.79 Å². The lowest BCUT2D eigenvalue weighted by Gasteiger charge is -2.69.